The Morgan fingerprint density at radius 1 is 1.38 bits per heavy atom. The number of amides is 1. The fourth-order valence-corrected chi connectivity index (χ4v) is 3.11. The summed E-state index contributed by atoms with van der Waals surface area (Å²) in [4.78, 5) is 14.5. The van der Waals surface area contributed by atoms with Crippen molar-refractivity contribution in [2.75, 3.05) is 26.2 Å². The number of hydrogen-bond acceptors (Lipinski definition) is 5. The van der Waals surface area contributed by atoms with Crippen LogP contribution < -0.4 is 10.1 Å². The Labute approximate surface area is 149 Å². The number of halogens is 1. The first kappa shape index (κ1) is 17.0. The Bertz CT molecular complexity index is 709. The Kier molecular flexibility index (Phi) is 5.52. The van der Waals surface area contributed by atoms with Crippen molar-refractivity contribution in [2.45, 2.75) is 20.0 Å². The molecule has 1 aliphatic heterocycles. The monoisotopic (exact) mass is 393 g/mol. The van der Waals surface area contributed by atoms with Crippen molar-refractivity contribution in [1.82, 2.24) is 15.4 Å². The van der Waals surface area contributed by atoms with E-state index in [2.05, 4.69) is 26.4 Å². The molecule has 0 unspecified atom stereocenters. The maximum absolute atomic E-state index is 12.6. The number of nitrogens with zero attached hydrogens (tertiary/aromatic N) is 2. The minimum Gasteiger partial charge on any atom is -0.486 e. The highest BCUT2D eigenvalue weighted by Crippen LogP contribution is 2.27. The number of aromatic nitrogens is 1. The third-order valence-electron chi connectivity index (χ3n) is 3.86. The van der Waals surface area contributed by atoms with E-state index >= 15 is 0 Å². The molecule has 0 bridgehead atoms. The molecule has 1 aromatic carbocycles. The molecule has 0 saturated carbocycles. The molecule has 128 valence electrons. The molecule has 2 heterocycles. The lowest BCUT2D eigenvalue weighted by atomic mass is 10.2. The van der Waals surface area contributed by atoms with Gasteiger partial charge in [0.15, 0.2) is 0 Å². The number of benzene rings is 1. The molecule has 0 aliphatic carbocycles. The van der Waals surface area contributed by atoms with Gasteiger partial charge in [0, 0.05) is 31.3 Å². The average Bonchev–Trinajstić information content (AvgIpc) is 2.83. The Hall–Kier alpha value is -1.86. The average molecular weight is 394 g/mol. The molecule has 0 radical (unpaired) electrons. The van der Waals surface area contributed by atoms with Crippen molar-refractivity contribution < 1.29 is 14.1 Å². The van der Waals surface area contributed by atoms with Crippen LogP contribution in [0.25, 0.3) is 0 Å². The van der Waals surface area contributed by atoms with Gasteiger partial charge in [-0.15, -0.1) is 0 Å². The molecular weight excluding hydrogens is 374 g/mol. The number of carbonyl (C=O) groups is 1. The Balaban J connectivity index is 1.66. The molecule has 3 rings (SSSR count). The van der Waals surface area contributed by atoms with Gasteiger partial charge in [-0.2, -0.15) is 0 Å². The van der Waals surface area contributed by atoms with Crippen molar-refractivity contribution in [3.63, 3.8) is 0 Å². The van der Waals surface area contributed by atoms with E-state index in [9.17, 15) is 4.79 Å². The summed E-state index contributed by atoms with van der Waals surface area (Å²) in [6.07, 6.45) is 0.977. The highest BCUT2D eigenvalue weighted by molar-refractivity contribution is 9.10. The topological polar surface area (TPSA) is 67.6 Å². The third kappa shape index (κ3) is 4.15. The molecule has 24 heavy (non-hydrogen) atoms. The summed E-state index contributed by atoms with van der Waals surface area (Å²) >= 11 is 3.48. The normalized spacial score (nSPS) is 15.2. The van der Waals surface area contributed by atoms with Crippen molar-refractivity contribution in [2.24, 2.45) is 0 Å². The van der Waals surface area contributed by atoms with Crippen LogP contribution in [-0.2, 0) is 6.61 Å². The van der Waals surface area contributed by atoms with Crippen molar-refractivity contribution >= 4 is 21.8 Å². The third-order valence-corrected chi connectivity index (χ3v) is 4.48. The van der Waals surface area contributed by atoms with E-state index in [1.54, 1.807) is 12.1 Å². The fourth-order valence-electron chi connectivity index (χ4n) is 2.62. The van der Waals surface area contributed by atoms with Crippen LogP contribution in [0.15, 0.2) is 33.3 Å². The molecule has 0 atom stereocenters. The molecule has 0 spiro atoms. The fraction of sp³-hybridized carbons (Fsp3) is 0.412. The maximum atomic E-state index is 12.6. The number of ether oxygens (including phenoxy) is 1. The molecule has 1 fully saturated rings. The summed E-state index contributed by atoms with van der Waals surface area (Å²) in [6.45, 7) is 5.48. The Morgan fingerprint density at radius 2 is 2.25 bits per heavy atom. The molecule has 1 N–H and O–H groups in total. The first-order chi connectivity index (χ1) is 11.6. The molecule has 1 saturated heterocycles. The van der Waals surface area contributed by atoms with E-state index in [-0.39, 0.29) is 5.91 Å². The lowest BCUT2D eigenvalue weighted by Gasteiger charge is -2.20. The summed E-state index contributed by atoms with van der Waals surface area (Å²) in [7, 11) is 0. The summed E-state index contributed by atoms with van der Waals surface area (Å²) in [6, 6.07) is 7.25. The second-order valence-electron chi connectivity index (χ2n) is 5.76. The van der Waals surface area contributed by atoms with E-state index in [1.165, 1.54) is 0 Å². The van der Waals surface area contributed by atoms with Gasteiger partial charge in [-0.05, 0) is 54.0 Å². The van der Waals surface area contributed by atoms with E-state index in [1.807, 2.05) is 24.0 Å². The SMILES string of the molecule is Cc1cc(COc2ccc(C(=O)N3CCCNCC3)cc2Br)no1. The Morgan fingerprint density at radius 3 is 3.00 bits per heavy atom. The van der Waals surface area contributed by atoms with Crippen molar-refractivity contribution in [3.8, 4) is 5.75 Å². The highest BCUT2D eigenvalue weighted by atomic mass is 79.9. The highest BCUT2D eigenvalue weighted by Gasteiger charge is 2.18. The van der Waals surface area contributed by atoms with Gasteiger partial charge in [-0.25, -0.2) is 0 Å². The smallest absolute Gasteiger partial charge is 0.253 e. The predicted octanol–water partition coefficient (Wildman–Crippen LogP) is 2.76. The molecule has 6 nitrogen and oxygen atoms in total. The van der Waals surface area contributed by atoms with Gasteiger partial charge in [0.2, 0.25) is 0 Å². The molecule has 1 aromatic heterocycles. The second-order valence-corrected chi connectivity index (χ2v) is 6.61. The van der Waals surface area contributed by atoms with Gasteiger partial charge in [-0.3, -0.25) is 4.79 Å². The van der Waals surface area contributed by atoms with Crippen LogP contribution in [0.2, 0.25) is 0 Å². The minimum atomic E-state index is 0.0538. The van der Waals surface area contributed by atoms with Gasteiger partial charge in [0.05, 0.1) is 4.47 Å². The zero-order valence-corrected chi connectivity index (χ0v) is 15.1. The van der Waals surface area contributed by atoms with Crippen LogP contribution >= 0.6 is 15.9 Å². The van der Waals surface area contributed by atoms with Crippen molar-refractivity contribution in [1.29, 1.82) is 0 Å². The van der Waals surface area contributed by atoms with E-state index in [0.29, 0.717) is 17.9 Å². The lowest BCUT2D eigenvalue weighted by molar-refractivity contribution is 0.0766. The molecule has 2 aromatic rings. The molecule has 7 heteroatoms. The summed E-state index contributed by atoms with van der Waals surface area (Å²) in [5.74, 6) is 1.48. The van der Waals surface area contributed by atoms with Crippen LogP contribution in [0.1, 0.15) is 28.2 Å². The number of aryl methyl sites for hydroxylation is 1. The lowest BCUT2D eigenvalue weighted by Crippen LogP contribution is -2.34. The number of rotatable bonds is 4. The van der Waals surface area contributed by atoms with Crippen LogP contribution in [0, 0.1) is 6.92 Å². The summed E-state index contributed by atoms with van der Waals surface area (Å²) in [5, 5.41) is 7.20. The molecule has 1 aliphatic rings. The van der Waals surface area contributed by atoms with Gasteiger partial charge >= 0.3 is 0 Å². The first-order valence-corrected chi connectivity index (χ1v) is 8.77. The van der Waals surface area contributed by atoms with Gasteiger partial charge in [0.25, 0.3) is 5.91 Å². The van der Waals surface area contributed by atoms with Gasteiger partial charge in [-0.1, -0.05) is 5.16 Å². The largest absolute Gasteiger partial charge is 0.486 e. The minimum absolute atomic E-state index is 0.0538. The van der Waals surface area contributed by atoms with E-state index in [4.69, 9.17) is 9.26 Å². The zero-order chi connectivity index (χ0) is 16.9. The van der Waals surface area contributed by atoms with Crippen molar-refractivity contribution in [3.05, 3.63) is 45.8 Å². The maximum Gasteiger partial charge on any atom is 0.253 e. The first-order valence-electron chi connectivity index (χ1n) is 7.98. The number of hydrogen-bond donors (Lipinski definition) is 1. The summed E-state index contributed by atoms with van der Waals surface area (Å²) in [5.41, 5.74) is 1.39. The molecule has 1 amide bonds. The second kappa shape index (κ2) is 7.81. The number of nitrogens with one attached hydrogen (secondary N) is 1. The van der Waals surface area contributed by atoms with Crippen LogP contribution in [-0.4, -0.2) is 42.1 Å². The van der Waals surface area contributed by atoms with Gasteiger partial charge < -0.3 is 19.5 Å². The van der Waals surface area contributed by atoms with Crippen LogP contribution in [0.5, 0.6) is 5.75 Å². The van der Waals surface area contributed by atoms with Gasteiger partial charge in [0.1, 0.15) is 23.8 Å². The molecular formula is C17H20BrN3O3. The predicted molar refractivity (Wildman–Crippen MR) is 93.1 cm³/mol. The van der Waals surface area contributed by atoms with Crippen LogP contribution in [0.3, 0.4) is 0 Å². The van der Waals surface area contributed by atoms with Crippen LogP contribution in [0.4, 0.5) is 0 Å². The van der Waals surface area contributed by atoms with E-state index in [0.717, 1.165) is 48.5 Å². The number of carbonyl (C=O) groups excluding carboxylic acids is 1. The van der Waals surface area contributed by atoms with E-state index < -0.39 is 0 Å². The quantitative estimate of drug-likeness (QED) is 0.864. The summed E-state index contributed by atoms with van der Waals surface area (Å²) < 4.78 is 11.5. The standard InChI is InChI=1S/C17H20BrN3O3/c1-12-9-14(20-24-12)11-23-16-4-3-13(10-15(16)18)17(22)21-7-2-5-19-6-8-21/h3-4,9-10,19H,2,5-8,11H2,1H3. The zero-order valence-electron chi connectivity index (χ0n) is 13.5.